The molecule has 3 aromatic heterocycles. The van der Waals surface area contributed by atoms with Gasteiger partial charge in [-0.2, -0.15) is 0 Å². The molecule has 65 heavy (non-hydrogen) atoms. The van der Waals surface area contributed by atoms with Crippen molar-refractivity contribution in [1.82, 2.24) is 14.5 Å². The van der Waals surface area contributed by atoms with E-state index in [4.69, 9.17) is 10.8 Å². The molecule has 0 amide bonds. The molecule has 7 heteroatoms. The average molecular weight is 1050 g/mol. The Morgan fingerprint density at radius 3 is 2.06 bits per heavy atom. The zero-order chi connectivity index (χ0) is 45.8. The fraction of sp³-hybridized carbons (Fsp3) is 0.207. The minimum atomic E-state index is -1.50. The molecule has 1 radical (unpaired) electrons. The first kappa shape index (κ1) is 44.2. The van der Waals surface area contributed by atoms with Gasteiger partial charge in [-0.15, -0.1) is 54.1 Å². The van der Waals surface area contributed by atoms with Crippen molar-refractivity contribution >= 4 is 57.0 Å². The molecule has 329 valence electrons. The van der Waals surface area contributed by atoms with Crippen LogP contribution in [-0.4, -0.2) is 22.6 Å². The number of rotatable bonds is 8. The molecular formula is C58H54FIrN3OSi-2. The molecule has 0 aliphatic rings. The van der Waals surface area contributed by atoms with Gasteiger partial charge in [-0.1, -0.05) is 144 Å². The van der Waals surface area contributed by atoms with Crippen LogP contribution in [0.4, 0.5) is 4.39 Å². The van der Waals surface area contributed by atoms with E-state index >= 15 is 0 Å². The second-order valence-electron chi connectivity index (χ2n) is 18.6. The molecule has 0 spiro atoms. The Hall–Kier alpha value is -5.98. The number of fused-ring (bicyclic) bond motifs is 6. The Kier molecular flexibility index (Phi) is 12.6. The van der Waals surface area contributed by atoms with Crippen LogP contribution in [0, 0.1) is 17.9 Å². The number of aromatic nitrogens is 3. The van der Waals surface area contributed by atoms with Crippen LogP contribution in [-0.2, 0) is 20.1 Å². The summed E-state index contributed by atoms with van der Waals surface area (Å²) in [5, 5.41) is 5.33. The number of hydrogen-bond acceptors (Lipinski definition) is 3. The van der Waals surface area contributed by atoms with E-state index in [-0.39, 0.29) is 37.8 Å². The van der Waals surface area contributed by atoms with Crippen molar-refractivity contribution in [3.8, 4) is 39.5 Å². The molecule has 0 saturated carbocycles. The number of hydrogen-bond donors (Lipinski definition) is 0. The van der Waals surface area contributed by atoms with Gasteiger partial charge in [0, 0.05) is 50.2 Å². The van der Waals surface area contributed by atoms with Gasteiger partial charge in [0.25, 0.3) is 0 Å². The first-order valence-electron chi connectivity index (χ1n) is 22.7. The topological polar surface area (TPSA) is 43.9 Å². The van der Waals surface area contributed by atoms with E-state index in [1.807, 2.05) is 56.4 Å². The number of halogens is 1. The molecule has 0 atom stereocenters. The Bertz CT molecular complexity index is 3340. The van der Waals surface area contributed by atoms with Crippen molar-refractivity contribution < 1.29 is 30.3 Å². The quantitative estimate of drug-likeness (QED) is 0.113. The van der Waals surface area contributed by atoms with Gasteiger partial charge in [0.05, 0.1) is 30.5 Å². The van der Waals surface area contributed by atoms with Crippen molar-refractivity contribution in [2.24, 2.45) is 0 Å². The molecule has 0 unspecified atom stereocenters. The Balaban J connectivity index is 0.000000238. The van der Waals surface area contributed by atoms with E-state index in [0.29, 0.717) is 11.2 Å². The van der Waals surface area contributed by atoms with Crippen molar-refractivity contribution in [3.05, 3.63) is 180 Å². The molecular weight excluding hydrogens is 994 g/mol. The Morgan fingerprint density at radius 2 is 1.38 bits per heavy atom. The maximum absolute atomic E-state index is 14.3. The Morgan fingerprint density at radius 1 is 0.677 bits per heavy atom. The van der Waals surface area contributed by atoms with Crippen LogP contribution >= 0.6 is 0 Å². The number of imidazole rings is 1. The summed E-state index contributed by atoms with van der Waals surface area (Å²) >= 11 is 0. The zero-order valence-corrected chi connectivity index (χ0v) is 41.9. The van der Waals surface area contributed by atoms with Gasteiger partial charge >= 0.3 is 0 Å². The van der Waals surface area contributed by atoms with Gasteiger partial charge in [-0.05, 0) is 86.6 Å². The average Bonchev–Trinajstić information content (AvgIpc) is 3.87. The van der Waals surface area contributed by atoms with E-state index in [1.54, 1.807) is 6.07 Å². The van der Waals surface area contributed by atoms with Gasteiger partial charge in [0.2, 0.25) is 0 Å². The molecule has 7 aromatic carbocycles. The van der Waals surface area contributed by atoms with E-state index in [1.165, 1.54) is 39.6 Å². The van der Waals surface area contributed by atoms with E-state index in [2.05, 4.69) is 154 Å². The van der Waals surface area contributed by atoms with E-state index in [0.717, 1.165) is 66.5 Å². The van der Waals surface area contributed by atoms with Gasteiger partial charge in [-0.3, -0.25) is 4.98 Å². The monoisotopic (exact) mass is 1050 g/mol. The van der Waals surface area contributed by atoms with Crippen LogP contribution in [0.15, 0.2) is 150 Å². The van der Waals surface area contributed by atoms with Crippen LogP contribution in [0.3, 0.4) is 0 Å². The predicted molar refractivity (Wildman–Crippen MR) is 269 cm³/mol. The van der Waals surface area contributed by atoms with Gasteiger partial charge in [-0.25, -0.2) is 4.39 Å². The Labute approximate surface area is 398 Å². The minimum absolute atomic E-state index is 0. The van der Waals surface area contributed by atoms with Crippen molar-refractivity contribution in [3.63, 3.8) is 0 Å². The summed E-state index contributed by atoms with van der Waals surface area (Å²) < 4.78 is 31.5. The van der Waals surface area contributed by atoms with Crippen molar-refractivity contribution in [1.29, 1.82) is 0 Å². The normalized spacial score (nSPS) is 12.2. The molecule has 0 bridgehead atoms. The summed E-state index contributed by atoms with van der Waals surface area (Å²) in [6.45, 7) is 19.8. The second kappa shape index (κ2) is 18.5. The SMILES string of the molecule is CC(C)c1cc(-c2ccccc2)cc(C(C)C)c1-n1c(-c2[c-]ccc3c2oc2cc(F)ccc23)nc2ccc3ccccc3c21.[2H]C(C)(C)c1cc(-c2[c-]cccc2)ncc1[Si](C)(C)C.[Ir]. The summed E-state index contributed by atoms with van der Waals surface area (Å²) in [5.74, 6) is 0.281. The number of benzene rings is 7. The molecule has 0 N–H and O–H groups in total. The summed E-state index contributed by atoms with van der Waals surface area (Å²) in [4.78, 5) is 9.94. The smallest absolute Gasteiger partial charge is 0.126 e. The standard InChI is InChI=1S/C41H32FN2O.C17H22NSi.Ir/c1-24(2)34-21-28(26-11-6-5-7-12-26)22-35(25(3)4)38(34)44-39-30-14-9-8-13-27(30)17-20-36(39)43-41(44)33-16-10-15-32-31-19-18-29(42)23-37(31)45-40(32)33;1-13(2)15-11-16(14-9-7-6-8-10-14)18-12-17(15)19(3,4)5;/h5-15,17-25H,1-4H3;6-9,11-13H,1-5H3;/q2*-1;/i;13D;. The summed E-state index contributed by atoms with van der Waals surface area (Å²) in [6.07, 6.45) is 1.98. The molecule has 0 fully saturated rings. The van der Waals surface area contributed by atoms with E-state index in [9.17, 15) is 4.39 Å². The zero-order valence-electron chi connectivity index (χ0n) is 39.5. The molecule has 0 aliphatic heterocycles. The molecule has 10 rings (SSSR count). The molecule has 0 saturated heterocycles. The largest absolute Gasteiger partial charge is 0.500 e. The van der Waals surface area contributed by atoms with Crippen molar-refractivity contribution in [2.75, 3.05) is 0 Å². The first-order valence-corrected chi connectivity index (χ1v) is 25.7. The molecule has 0 aliphatic carbocycles. The molecule has 4 nitrogen and oxygen atoms in total. The summed E-state index contributed by atoms with van der Waals surface area (Å²) in [7, 11) is -1.50. The van der Waals surface area contributed by atoms with Gasteiger partial charge < -0.3 is 14.0 Å². The first-order chi connectivity index (χ1) is 31.1. The molecule has 10 aromatic rings. The predicted octanol–water partition coefficient (Wildman–Crippen LogP) is 15.8. The van der Waals surface area contributed by atoms with Gasteiger partial charge in [0.15, 0.2) is 0 Å². The fourth-order valence-electron chi connectivity index (χ4n) is 8.89. The molecule has 3 heterocycles. The number of furan rings is 1. The summed E-state index contributed by atoms with van der Waals surface area (Å²) in [6, 6.07) is 53.3. The van der Waals surface area contributed by atoms with Crippen LogP contribution in [0.1, 0.15) is 77.3 Å². The van der Waals surface area contributed by atoms with Crippen LogP contribution in [0.2, 0.25) is 19.6 Å². The van der Waals surface area contributed by atoms with Crippen LogP contribution in [0.25, 0.3) is 83.2 Å². The van der Waals surface area contributed by atoms with E-state index < -0.39 is 14.0 Å². The van der Waals surface area contributed by atoms with Crippen molar-refractivity contribution in [2.45, 2.75) is 78.9 Å². The van der Waals surface area contributed by atoms with Gasteiger partial charge in [0.1, 0.15) is 11.4 Å². The van der Waals surface area contributed by atoms with Crippen LogP contribution < -0.4 is 5.19 Å². The minimum Gasteiger partial charge on any atom is -0.500 e. The number of nitrogens with zero attached hydrogens (tertiary/aromatic N) is 3. The summed E-state index contributed by atoms with van der Waals surface area (Å²) in [5.41, 5.74) is 12.9. The number of pyridine rings is 1. The second-order valence-corrected chi connectivity index (χ2v) is 23.6. The third-order valence-electron chi connectivity index (χ3n) is 12.1. The third kappa shape index (κ3) is 8.78. The third-order valence-corrected chi connectivity index (χ3v) is 14.2. The van der Waals surface area contributed by atoms with Crippen LogP contribution in [0.5, 0.6) is 0 Å². The fourth-order valence-corrected chi connectivity index (χ4v) is 10.5. The maximum atomic E-state index is 14.3. The maximum Gasteiger partial charge on any atom is 0.126 e.